The third-order valence-corrected chi connectivity index (χ3v) is 6.75. The van der Waals surface area contributed by atoms with Gasteiger partial charge >= 0.3 is 5.97 Å². The SMILES string of the molecule is COC(=O)c1ccc(F)c(NC(=O)CN(Cc2ccccc2F)C(=O)c2nn(C)c3c2COc2ccc(Cl)cc2-3)c1. The molecule has 0 fully saturated rings. The molecule has 0 aliphatic carbocycles. The molecule has 0 saturated carbocycles. The molecule has 41 heavy (non-hydrogen) atoms. The summed E-state index contributed by atoms with van der Waals surface area (Å²) in [5.74, 6) is -2.97. The lowest BCUT2D eigenvalue weighted by molar-refractivity contribution is -0.117. The molecule has 4 aromatic rings. The zero-order valence-electron chi connectivity index (χ0n) is 21.9. The first-order chi connectivity index (χ1) is 19.7. The van der Waals surface area contributed by atoms with Gasteiger partial charge in [-0.3, -0.25) is 14.3 Å². The van der Waals surface area contributed by atoms with E-state index >= 15 is 0 Å². The summed E-state index contributed by atoms with van der Waals surface area (Å²) in [6.07, 6.45) is 0. The number of esters is 1. The summed E-state index contributed by atoms with van der Waals surface area (Å²) in [4.78, 5) is 39.9. The summed E-state index contributed by atoms with van der Waals surface area (Å²) in [5, 5.41) is 7.26. The highest BCUT2D eigenvalue weighted by atomic mass is 35.5. The number of carbonyl (C=O) groups is 3. The van der Waals surface area contributed by atoms with Gasteiger partial charge in [-0.05, 0) is 42.5 Å². The Kier molecular flexibility index (Phi) is 7.71. The Morgan fingerprint density at radius 3 is 2.63 bits per heavy atom. The fourth-order valence-electron chi connectivity index (χ4n) is 4.59. The second-order valence-electron chi connectivity index (χ2n) is 9.22. The van der Waals surface area contributed by atoms with Crippen LogP contribution in [0.2, 0.25) is 5.02 Å². The summed E-state index contributed by atoms with van der Waals surface area (Å²) in [7, 11) is 2.83. The van der Waals surface area contributed by atoms with Crippen LogP contribution in [0.1, 0.15) is 32.0 Å². The van der Waals surface area contributed by atoms with Gasteiger partial charge in [0.1, 0.15) is 30.5 Å². The molecule has 5 rings (SSSR count). The van der Waals surface area contributed by atoms with Crippen LogP contribution in [0.3, 0.4) is 0 Å². The van der Waals surface area contributed by atoms with Gasteiger partial charge in [-0.2, -0.15) is 5.10 Å². The van der Waals surface area contributed by atoms with E-state index in [0.717, 1.165) is 17.0 Å². The van der Waals surface area contributed by atoms with Crippen LogP contribution >= 0.6 is 11.6 Å². The number of methoxy groups -OCH3 is 1. The molecule has 1 aliphatic rings. The van der Waals surface area contributed by atoms with Crippen LogP contribution in [0.5, 0.6) is 5.75 Å². The number of rotatable bonds is 7. The van der Waals surface area contributed by atoms with E-state index in [1.807, 2.05) is 0 Å². The molecule has 210 valence electrons. The highest BCUT2D eigenvalue weighted by molar-refractivity contribution is 6.31. The van der Waals surface area contributed by atoms with Crippen molar-refractivity contribution in [2.24, 2.45) is 7.05 Å². The van der Waals surface area contributed by atoms with Gasteiger partial charge in [-0.25, -0.2) is 13.6 Å². The topological polar surface area (TPSA) is 103 Å². The Labute approximate surface area is 238 Å². The van der Waals surface area contributed by atoms with Crippen molar-refractivity contribution in [1.29, 1.82) is 0 Å². The van der Waals surface area contributed by atoms with Crippen LogP contribution in [0.4, 0.5) is 14.5 Å². The Morgan fingerprint density at radius 2 is 1.88 bits per heavy atom. The highest BCUT2D eigenvalue weighted by Gasteiger charge is 2.32. The maximum atomic E-state index is 14.6. The molecular formula is C29H23ClF2N4O5. The van der Waals surface area contributed by atoms with E-state index in [9.17, 15) is 23.2 Å². The van der Waals surface area contributed by atoms with E-state index in [1.54, 1.807) is 31.3 Å². The zero-order valence-corrected chi connectivity index (χ0v) is 22.7. The van der Waals surface area contributed by atoms with Crippen LogP contribution in [0.15, 0.2) is 60.7 Å². The lowest BCUT2D eigenvalue weighted by Crippen LogP contribution is -2.38. The second-order valence-corrected chi connectivity index (χ2v) is 9.65. The molecule has 3 aromatic carbocycles. The molecular weight excluding hydrogens is 558 g/mol. The molecule has 0 spiro atoms. The second kappa shape index (κ2) is 11.4. The van der Waals surface area contributed by atoms with Crippen LogP contribution in [0, 0.1) is 11.6 Å². The van der Waals surface area contributed by atoms with Gasteiger partial charge in [0.15, 0.2) is 5.69 Å². The fourth-order valence-corrected chi connectivity index (χ4v) is 4.76. The lowest BCUT2D eigenvalue weighted by atomic mass is 10.0. The average Bonchev–Trinajstić information content (AvgIpc) is 3.30. The third-order valence-electron chi connectivity index (χ3n) is 6.52. The van der Waals surface area contributed by atoms with E-state index in [2.05, 4.69) is 15.2 Å². The maximum Gasteiger partial charge on any atom is 0.337 e. The summed E-state index contributed by atoms with van der Waals surface area (Å²) < 4.78 is 41.1. The zero-order chi connectivity index (χ0) is 29.3. The smallest absolute Gasteiger partial charge is 0.337 e. The molecule has 2 heterocycles. The van der Waals surface area contributed by atoms with E-state index < -0.39 is 36.0 Å². The monoisotopic (exact) mass is 580 g/mol. The van der Waals surface area contributed by atoms with Crippen molar-refractivity contribution in [2.45, 2.75) is 13.2 Å². The van der Waals surface area contributed by atoms with Crippen molar-refractivity contribution >= 4 is 35.1 Å². The Bertz CT molecular complexity index is 1690. The van der Waals surface area contributed by atoms with E-state index in [1.165, 1.54) is 36.1 Å². The van der Waals surface area contributed by atoms with Gasteiger partial charge in [0.25, 0.3) is 5.91 Å². The molecule has 2 amide bonds. The first-order valence-electron chi connectivity index (χ1n) is 12.3. The van der Waals surface area contributed by atoms with Crippen molar-refractivity contribution < 1.29 is 32.6 Å². The molecule has 0 unspecified atom stereocenters. The van der Waals surface area contributed by atoms with Gasteiger partial charge in [-0.1, -0.05) is 29.8 Å². The number of nitrogens with zero attached hydrogens (tertiary/aromatic N) is 3. The van der Waals surface area contributed by atoms with Gasteiger partial charge in [-0.15, -0.1) is 0 Å². The molecule has 1 aromatic heterocycles. The van der Waals surface area contributed by atoms with Crippen LogP contribution < -0.4 is 10.1 Å². The predicted molar refractivity (Wildman–Crippen MR) is 145 cm³/mol. The van der Waals surface area contributed by atoms with Crippen molar-refractivity contribution in [3.8, 4) is 17.0 Å². The fraction of sp³-hybridized carbons (Fsp3) is 0.172. The number of hydrogen-bond donors (Lipinski definition) is 1. The van der Waals surface area contributed by atoms with Gasteiger partial charge in [0.2, 0.25) is 5.91 Å². The molecule has 0 saturated heterocycles. The van der Waals surface area contributed by atoms with Gasteiger partial charge < -0.3 is 19.7 Å². The Hall–Kier alpha value is -4.77. The van der Waals surface area contributed by atoms with E-state index in [-0.39, 0.29) is 35.7 Å². The minimum Gasteiger partial charge on any atom is -0.488 e. The summed E-state index contributed by atoms with van der Waals surface area (Å²) >= 11 is 6.20. The van der Waals surface area contributed by atoms with Crippen LogP contribution in [-0.4, -0.2) is 46.1 Å². The molecule has 1 aliphatic heterocycles. The minimum atomic E-state index is -0.800. The largest absolute Gasteiger partial charge is 0.488 e. The number of nitrogens with one attached hydrogen (secondary N) is 1. The normalized spacial score (nSPS) is 11.6. The van der Waals surface area contributed by atoms with Crippen LogP contribution in [0.25, 0.3) is 11.3 Å². The number of hydrogen-bond acceptors (Lipinski definition) is 6. The number of aromatic nitrogens is 2. The van der Waals surface area contributed by atoms with Crippen molar-refractivity contribution in [3.63, 3.8) is 0 Å². The third kappa shape index (κ3) is 5.62. The molecule has 0 radical (unpaired) electrons. The van der Waals surface area contributed by atoms with Crippen molar-refractivity contribution in [3.05, 3.63) is 99.7 Å². The van der Waals surface area contributed by atoms with Crippen molar-refractivity contribution in [2.75, 3.05) is 19.0 Å². The minimum absolute atomic E-state index is 0.0103. The quantitative estimate of drug-likeness (QED) is 0.309. The van der Waals surface area contributed by atoms with Crippen molar-refractivity contribution in [1.82, 2.24) is 14.7 Å². The maximum absolute atomic E-state index is 14.6. The lowest BCUT2D eigenvalue weighted by Gasteiger charge is -2.23. The summed E-state index contributed by atoms with van der Waals surface area (Å²) in [5.41, 5.74) is 1.64. The Balaban J connectivity index is 1.47. The Morgan fingerprint density at radius 1 is 1.10 bits per heavy atom. The number of amides is 2. The molecule has 9 nitrogen and oxygen atoms in total. The molecule has 0 bridgehead atoms. The number of halogens is 3. The number of anilines is 1. The van der Waals surface area contributed by atoms with Crippen LogP contribution in [-0.2, 0) is 29.7 Å². The van der Waals surface area contributed by atoms with E-state index in [4.69, 9.17) is 16.3 Å². The number of benzene rings is 3. The standard InChI is InChI=1S/C29H23ClF2N4O5/c1-35-27-19-12-18(30)8-10-24(19)41-15-20(27)26(34-35)28(38)36(13-17-5-3-4-6-21(17)31)14-25(37)33-23-11-16(29(39)40-2)7-9-22(23)32/h3-12H,13-15H2,1-2H3,(H,33,37). The molecule has 0 atom stereocenters. The predicted octanol–water partition coefficient (Wildman–Crippen LogP) is 4.98. The first-order valence-corrected chi connectivity index (χ1v) is 12.7. The number of fused-ring (bicyclic) bond motifs is 3. The highest BCUT2D eigenvalue weighted by Crippen LogP contribution is 2.40. The number of carbonyl (C=O) groups excluding carboxylic acids is 3. The van der Waals surface area contributed by atoms with Gasteiger partial charge in [0.05, 0.1) is 24.1 Å². The molecule has 12 heteroatoms. The average molecular weight is 581 g/mol. The van der Waals surface area contributed by atoms with E-state index in [0.29, 0.717) is 27.6 Å². The molecule has 1 N–H and O–H groups in total. The summed E-state index contributed by atoms with van der Waals surface area (Å²) in [6, 6.07) is 14.3. The number of ether oxygens (including phenoxy) is 2. The summed E-state index contributed by atoms with van der Waals surface area (Å²) in [6.45, 7) is -0.827. The first kappa shape index (κ1) is 27.8. The van der Waals surface area contributed by atoms with Gasteiger partial charge in [0, 0.05) is 35.3 Å². The number of aryl methyl sites for hydroxylation is 1.